The number of amides is 1. The molecule has 1 aliphatic rings. The van der Waals surface area contributed by atoms with Crippen molar-refractivity contribution in [1.82, 2.24) is 10.3 Å². The molecule has 1 aliphatic heterocycles. The number of aromatic nitrogens is 1. The van der Waals surface area contributed by atoms with Crippen molar-refractivity contribution in [2.45, 2.75) is 38.3 Å². The second-order valence-electron chi connectivity index (χ2n) is 5.21. The molecule has 1 atom stereocenters. The Morgan fingerprint density at radius 2 is 2.33 bits per heavy atom. The zero-order chi connectivity index (χ0) is 13.2. The summed E-state index contributed by atoms with van der Waals surface area (Å²) in [6.07, 6.45) is 3.06. The predicted octanol–water partition coefficient (Wildman–Crippen LogP) is 1.06. The van der Waals surface area contributed by atoms with Crippen molar-refractivity contribution in [3.05, 3.63) is 34.2 Å². The van der Waals surface area contributed by atoms with Crippen LogP contribution in [-0.2, 0) is 4.74 Å². The second kappa shape index (κ2) is 4.94. The molecule has 1 fully saturated rings. The molecular weight excluding hydrogens is 232 g/mol. The van der Waals surface area contributed by atoms with E-state index in [2.05, 4.69) is 10.3 Å². The van der Waals surface area contributed by atoms with E-state index in [0.29, 0.717) is 12.2 Å². The maximum absolute atomic E-state index is 12.0. The molecule has 98 valence electrons. The predicted molar refractivity (Wildman–Crippen MR) is 67.6 cm³/mol. The monoisotopic (exact) mass is 250 g/mol. The molecule has 2 N–H and O–H groups in total. The van der Waals surface area contributed by atoms with Gasteiger partial charge in [-0.2, -0.15) is 0 Å². The first kappa shape index (κ1) is 12.8. The molecule has 1 saturated heterocycles. The van der Waals surface area contributed by atoms with Gasteiger partial charge in [0.1, 0.15) is 0 Å². The Balaban J connectivity index is 2.01. The lowest BCUT2D eigenvalue weighted by atomic mass is 9.94. The summed E-state index contributed by atoms with van der Waals surface area (Å²) in [5.41, 5.74) is -0.0809. The number of pyridine rings is 1. The van der Waals surface area contributed by atoms with E-state index in [4.69, 9.17) is 4.74 Å². The van der Waals surface area contributed by atoms with Crippen LogP contribution in [0.1, 0.15) is 37.0 Å². The van der Waals surface area contributed by atoms with Gasteiger partial charge in [0, 0.05) is 30.5 Å². The molecule has 1 aromatic heterocycles. The van der Waals surface area contributed by atoms with Crippen LogP contribution in [0, 0.1) is 0 Å². The van der Waals surface area contributed by atoms with Crippen LogP contribution in [0.3, 0.4) is 0 Å². The Hall–Kier alpha value is -1.62. The van der Waals surface area contributed by atoms with Gasteiger partial charge in [-0.1, -0.05) is 0 Å². The number of nitrogens with one attached hydrogen (secondary N) is 2. The SMILES string of the molecule is CC1(C)CC(NC(=O)c2cc[nH]c(=O)c2)CCO1. The third-order valence-corrected chi connectivity index (χ3v) is 3.07. The van der Waals surface area contributed by atoms with Gasteiger partial charge in [-0.05, 0) is 32.8 Å². The van der Waals surface area contributed by atoms with Crippen molar-refractivity contribution in [2.24, 2.45) is 0 Å². The number of carbonyl (C=O) groups is 1. The molecular formula is C13H18N2O3. The topological polar surface area (TPSA) is 71.2 Å². The number of ether oxygens (including phenoxy) is 1. The van der Waals surface area contributed by atoms with Crippen LogP contribution in [0.2, 0.25) is 0 Å². The van der Waals surface area contributed by atoms with Crippen molar-refractivity contribution in [3.63, 3.8) is 0 Å². The van der Waals surface area contributed by atoms with Gasteiger partial charge in [-0.25, -0.2) is 0 Å². The van der Waals surface area contributed by atoms with E-state index in [1.54, 1.807) is 6.07 Å². The van der Waals surface area contributed by atoms with Crippen LogP contribution < -0.4 is 10.9 Å². The van der Waals surface area contributed by atoms with Crippen molar-refractivity contribution in [3.8, 4) is 0 Å². The molecule has 1 unspecified atom stereocenters. The van der Waals surface area contributed by atoms with Crippen LogP contribution in [0.25, 0.3) is 0 Å². The minimum atomic E-state index is -0.269. The number of rotatable bonds is 2. The molecule has 0 saturated carbocycles. The molecule has 0 aromatic carbocycles. The lowest BCUT2D eigenvalue weighted by Gasteiger charge is -2.35. The Bertz CT molecular complexity index is 493. The third kappa shape index (κ3) is 3.20. The van der Waals surface area contributed by atoms with Crippen LogP contribution in [0.4, 0.5) is 0 Å². The highest BCUT2D eigenvalue weighted by molar-refractivity contribution is 5.94. The molecule has 18 heavy (non-hydrogen) atoms. The highest BCUT2D eigenvalue weighted by Crippen LogP contribution is 2.23. The average Bonchev–Trinajstić information content (AvgIpc) is 2.27. The van der Waals surface area contributed by atoms with E-state index >= 15 is 0 Å². The number of hydrogen-bond acceptors (Lipinski definition) is 3. The van der Waals surface area contributed by atoms with E-state index in [0.717, 1.165) is 12.8 Å². The summed E-state index contributed by atoms with van der Waals surface area (Å²) in [4.78, 5) is 25.6. The first-order chi connectivity index (χ1) is 8.46. The largest absolute Gasteiger partial charge is 0.375 e. The van der Waals surface area contributed by atoms with E-state index in [-0.39, 0.29) is 23.1 Å². The molecule has 0 radical (unpaired) electrons. The first-order valence-corrected chi connectivity index (χ1v) is 6.10. The number of hydrogen-bond donors (Lipinski definition) is 2. The lowest BCUT2D eigenvalue weighted by molar-refractivity contribution is -0.0615. The molecule has 0 spiro atoms. The summed E-state index contributed by atoms with van der Waals surface area (Å²) >= 11 is 0. The maximum Gasteiger partial charge on any atom is 0.251 e. The summed E-state index contributed by atoms with van der Waals surface area (Å²) in [5, 5.41) is 2.95. The van der Waals surface area contributed by atoms with Crippen molar-refractivity contribution in [2.75, 3.05) is 6.61 Å². The van der Waals surface area contributed by atoms with Gasteiger partial charge in [0.15, 0.2) is 0 Å². The van der Waals surface area contributed by atoms with Gasteiger partial charge in [0.05, 0.1) is 5.60 Å². The number of aromatic amines is 1. The molecule has 5 nitrogen and oxygen atoms in total. The summed E-state index contributed by atoms with van der Waals surface area (Å²) in [5.74, 6) is -0.205. The minimum Gasteiger partial charge on any atom is -0.375 e. The molecule has 2 heterocycles. The fourth-order valence-electron chi connectivity index (χ4n) is 2.21. The van der Waals surface area contributed by atoms with Crippen molar-refractivity contribution >= 4 is 5.91 Å². The summed E-state index contributed by atoms with van der Waals surface area (Å²) in [7, 11) is 0. The normalized spacial score (nSPS) is 22.4. The highest BCUT2D eigenvalue weighted by atomic mass is 16.5. The third-order valence-electron chi connectivity index (χ3n) is 3.07. The zero-order valence-electron chi connectivity index (χ0n) is 10.7. The Kier molecular flexibility index (Phi) is 3.52. The Morgan fingerprint density at radius 1 is 1.56 bits per heavy atom. The van der Waals surface area contributed by atoms with E-state index < -0.39 is 0 Å². The van der Waals surface area contributed by atoms with Gasteiger partial charge in [-0.3, -0.25) is 9.59 Å². The van der Waals surface area contributed by atoms with Crippen molar-refractivity contribution in [1.29, 1.82) is 0 Å². The molecule has 1 aromatic rings. The molecule has 0 bridgehead atoms. The Labute approximate surface area is 106 Å². The summed E-state index contributed by atoms with van der Waals surface area (Å²) in [6, 6.07) is 3.00. The van der Waals surface area contributed by atoms with Gasteiger partial charge < -0.3 is 15.0 Å². The van der Waals surface area contributed by atoms with Crippen molar-refractivity contribution < 1.29 is 9.53 Å². The highest BCUT2D eigenvalue weighted by Gasteiger charge is 2.29. The van der Waals surface area contributed by atoms with Crippen LogP contribution in [0.15, 0.2) is 23.1 Å². The van der Waals surface area contributed by atoms with Gasteiger partial charge in [0.25, 0.3) is 5.91 Å². The molecule has 0 aliphatic carbocycles. The standard InChI is InChI=1S/C13H18N2O3/c1-13(2)8-10(4-6-18-13)15-12(17)9-3-5-14-11(16)7-9/h3,5,7,10H,4,6,8H2,1-2H3,(H,14,16)(H,15,17). The first-order valence-electron chi connectivity index (χ1n) is 6.10. The minimum absolute atomic E-state index is 0.0977. The van der Waals surface area contributed by atoms with E-state index in [9.17, 15) is 9.59 Å². The molecule has 2 rings (SSSR count). The van der Waals surface area contributed by atoms with Gasteiger partial charge in [0.2, 0.25) is 5.56 Å². The summed E-state index contributed by atoms with van der Waals surface area (Å²) in [6.45, 7) is 4.67. The smallest absolute Gasteiger partial charge is 0.251 e. The maximum atomic E-state index is 12.0. The summed E-state index contributed by atoms with van der Waals surface area (Å²) < 4.78 is 5.60. The van der Waals surface area contributed by atoms with Crippen LogP contribution >= 0.6 is 0 Å². The fourth-order valence-corrected chi connectivity index (χ4v) is 2.21. The molecule has 1 amide bonds. The van der Waals surface area contributed by atoms with E-state index in [1.165, 1.54) is 12.3 Å². The lowest BCUT2D eigenvalue weighted by Crippen LogP contribution is -2.45. The second-order valence-corrected chi connectivity index (χ2v) is 5.21. The van der Waals surface area contributed by atoms with E-state index in [1.807, 2.05) is 13.8 Å². The quantitative estimate of drug-likeness (QED) is 0.824. The van der Waals surface area contributed by atoms with Gasteiger partial charge >= 0.3 is 0 Å². The van der Waals surface area contributed by atoms with Gasteiger partial charge in [-0.15, -0.1) is 0 Å². The fraction of sp³-hybridized carbons (Fsp3) is 0.538. The number of carbonyl (C=O) groups excluding carboxylic acids is 1. The van der Waals surface area contributed by atoms with Crippen LogP contribution in [-0.4, -0.2) is 29.1 Å². The molecule has 5 heteroatoms. The average molecular weight is 250 g/mol. The van der Waals surface area contributed by atoms with Crippen LogP contribution in [0.5, 0.6) is 0 Å². The Morgan fingerprint density at radius 3 is 3.00 bits per heavy atom. The number of H-pyrrole nitrogens is 1. The zero-order valence-corrected chi connectivity index (χ0v) is 10.7.